The Bertz CT molecular complexity index is 524. The molecule has 1 aromatic carbocycles. The van der Waals surface area contributed by atoms with Gasteiger partial charge in [-0.1, -0.05) is 32.9 Å². The smallest absolute Gasteiger partial charge is 0.325 e. The Morgan fingerprint density at radius 1 is 1.05 bits per heavy atom. The van der Waals surface area contributed by atoms with Crippen LogP contribution in [0.25, 0.3) is 0 Å². The van der Waals surface area contributed by atoms with E-state index in [1.807, 2.05) is 12.1 Å². The van der Waals surface area contributed by atoms with Crippen LogP contribution in [0.2, 0.25) is 0 Å². The fourth-order valence-electron chi connectivity index (χ4n) is 1.91. The number of carbonyl (C=O) groups is 2. The van der Waals surface area contributed by atoms with Crippen molar-refractivity contribution in [3.63, 3.8) is 0 Å². The van der Waals surface area contributed by atoms with Crippen LogP contribution in [0.1, 0.15) is 63.9 Å². The quantitative estimate of drug-likeness (QED) is 0.848. The molecule has 1 rings (SSSR count). The van der Waals surface area contributed by atoms with Gasteiger partial charge in [0, 0.05) is 5.56 Å². The fourth-order valence-corrected chi connectivity index (χ4v) is 1.91. The minimum absolute atomic E-state index is 0.0888. The molecule has 4 nitrogen and oxygen atoms in total. The van der Waals surface area contributed by atoms with Gasteiger partial charge in [-0.3, -0.25) is 9.59 Å². The summed E-state index contributed by atoms with van der Waals surface area (Å²) >= 11 is 0. The van der Waals surface area contributed by atoms with Crippen LogP contribution in [-0.4, -0.2) is 24.0 Å². The molecule has 1 N–H and O–H groups in total. The van der Waals surface area contributed by atoms with Gasteiger partial charge >= 0.3 is 5.97 Å². The Kier molecular flexibility index (Phi) is 5.75. The number of esters is 1. The zero-order valence-electron chi connectivity index (χ0n) is 14.4. The van der Waals surface area contributed by atoms with Crippen molar-refractivity contribution in [2.75, 3.05) is 6.54 Å². The SMILES string of the molecule is CCC(C)(C)c1ccc(C(=O)NCC(=O)OC(C)(C)C)cc1. The second-order valence-electron chi connectivity index (χ2n) is 7.08. The van der Waals surface area contributed by atoms with Gasteiger partial charge in [0.15, 0.2) is 0 Å². The Balaban J connectivity index is 2.62. The third kappa shape index (κ3) is 5.51. The van der Waals surface area contributed by atoms with Crippen molar-refractivity contribution in [1.82, 2.24) is 5.32 Å². The number of rotatable bonds is 5. The van der Waals surface area contributed by atoms with Crippen LogP contribution in [0.3, 0.4) is 0 Å². The van der Waals surface area contributed by atoms with Crippen molar-refractivity contribution in [1.29, 1.82) is 0 Å². The van der Waals surface area contributed by atoms with Crippen molar-refractivity contribution in [3.8, 4) is 0 Å². The first-order valence-corrected chi connectivity index (χ1v) is 7.66. The molecule has 0 radical (unpaired) electrons. The van der Waals surface area contributed by atoms with Crippen LogP contribution in [0, 0.1) is 0 Å². The van der Waals surface area contributed by atoms with Crippen LogP contribution in [-0.2, 0) is 14.9 Å². The second kappa shape index (κ2) is 6.95. The van der Waals surface area contributed by atoms with E-state index in [2.05, 4.69) is 26.1 Å². The van der Waals surface area contributed by atoms with E-state index in [4.69, 9.17) is 4.74 Å². The van der Waals surface area contributed by atoms with Crippen LogP contribution >= 0.6 is 0 Å². The number of ether oxygens (including phenoxy) is 1. The predicted molar refractivity (Wildman–Crippen MR) is 87.9 cm³/mol. The maximum absolute atomic E-state index is 12.0. The third-order valence-electron chi connectivity index (χ3n) is 3.63. The monoisotopic (exact) mass is 305 g/mol. The van der Waals surface area contributed by atoms with Gasteiger partial charge in [-0.25, -0.2) is 0 Å². The molecule has 0 fully saturated rings. The lowest BCUT2D eigenvalue weighted by Gasteiger charge is -2.23. The minimum atomic E-state index is -0.546. The van der Waals surface area contributed by atoms with E-state index < -0.39 is 11.6 Å². The summed E-state index contributed by atoms with van der Waals surface area (Å²) in [4.78, 5) is 23.6. The predicted octanol–water partition coefficient (Wildman–Crippen LogP) is 3.45. The minimum Gasteiger partial charge on any atom is -0.459 e. The third-order valence-corrected chi connectivity index (χ3v) is 3.63. The molecule has 0 aliphatic heterocycles. The Morgan fingerprint density at radius 3 is 2.05 bits per heavy atom. The first-order valence-electron chi connectivity index (χ1n) is 7.66. The van der Waals surface area contributed by atoms with Crippen molar-refractivity contribution in [2.24, 2.45) is 0 Å². The van der Waals surface area contributed by atoms with Gasteiger partial charge in [0.1, 0.15) is 12.1 Å². The maximum Gasteiger partial charge on any atom is 0.325 e. The Morgan fingerprint density at radius 2 is 1.59 bits per heavy atom. The normalized spacial score (nSPS) is 11.9. The highest BCUT2D eigenvalue weighted by atomic mass is 16.6. The zero-order chi connectivity index (χ0) is 17.0. The molecule has 4 heteroatoms. The molecule has 0 spiro atoms. The second-order valence-corrected chi connectivity index (χ2v) is 7.08. The fraction of sp³-hybridized carbons (Fsp3) is 0.556. The van der Waals surface area contributed by atoms with E-state index in [0.29, 0.717) is 5.56 Å². The molecule has 1 aromatic rings. The number of amides is 1. The molecular formula is C18H27NO3. The van der Waals surface area contributed by atoms with Crippen molar-refractivity contribution >= 4 is 11.9 Å². The van der Waals surface area contributed by atoms with Crippen molar-refractivity contribution in [2.45, 2.75) is 59.0 Å². The van der Waals surface area contributed by atoms with Crippen molar-refractivity contribution in [3.05, 3.63) is 35.4 Å². The Hall–Kier alpha value is -1.84. The van der Waals surface area contributed by atoms with Gasteiger partial charge in [-0.15, -0.1) is 0 Å². The number of carbonyl (C=O) groups excluding carboxylic acids is 2. The highest BCUT2D eigenvalue weighted by Gasteiger charge is 2.19. The number of hydrogen-bond donors (Lipinski definition) is 1. The maximum atomic E-state index is 12.0. The molecule has 0 aliphatic carbocycles. The van der Waals surface area contributed by atoms with Gasteiger partial charge < -0.3 is 10.1 Å². The molecule has 0 unspecified atom stereocenters. The average Bonchev–Trinajstić information content (AvgIpc) is 2.43. The van der Waals surface area contributed by atoms with Crippen molar-refractivity contribution < 1.29 is 14.3 Å². The summed E-state index contributed by atoms with van der Waals surface area (Å²) in [7, 11) is 0. The van der Waals surface area contributed by atoms with E-state index in [1.54, 1.807) is 32.9 Å². The molecule has 0 heterocycles. The highest BCUT2D eigenvalue weighted by molar-refractivity contribution is 5.95. The van der Waals surface area contributed by atoms with Gasteiger partial charge in [0.05, 0.1) is 0 Å². The highest BCUT2D eigenvalue weighted by Crippen LogP contribution is 2.26. The van der Waals surface area contributed by atoms with Crippen LogP contribution in [0.15, 0.2) is 24.3 Å². The van der Waals surface area contributed by atoms with E-state index in [9.17, 15) is 9.59 Å². The topological polar surface area (TPSA) is 55.4 Å². The number of hydrogen-bond acceptors (Lipinski definition) is 3. The Labute approximate surface area is 133 Å². The molecular weight excluding hydrogens is 278 g/mol. The van der Waals surface area contributed by atoms with Gasteiger partial charge in [-0.05, 0) is 50.3 Å². The molecule has 0 saturated carbocycles. The summed E-state index contributed by atoms with van der Waals surface area (Å²) in [5.74, 6) is -0.712. The van der Waals surface area contributed by atoms with E-state index in [0.717, 1.165) is 6.42 Å². The molecule has 0 bridgehead atoms. The largest absolute Gasteiger partial charge is 0.459 e. The molecule has 122 valence electrons. The summed E-state index contributed by atoms with van der Waals surface area (Å²) in [6.45, 7) is 11.7. The summed E-state index contributed by atoms with van der Waals surface area (Å²) in [6, 6.07) is 7.51. The van der Waals surface area contributed by atoms with Gasteiger partial charge in [0.25, 0.3) is 5.91 Å². The lowest BCUT2D eigenvalue weighted by molar-refractivity contribution is -0.153. The standard InChI is InChI=1S/C18H27NO3/c1-7-18(5,6)14-10-8-13(9-11-14)16(21)19-12-15(20)22-17(2,3)4/h8-11H,7,12H2,1-6H3,(H,19,21). The van der Waals surface area contributed by atoms with Gasteiger partial charge in [0.2, 0.25) is 0 Å². The van der Waals surface area contributed by atoms with E-state index in [-0.39, 0.29) is 17.9 Å². The van der Waals surface area contributed by atoms with Crippen LogP contribution in [0.5, 0.6) is 0 Å². The van der Waals surface area contributed by atoms with E-state index >= 15 is 0 Å². The summed E-state index contributed by atoms with van der Waals surface area (Å²) < 4.78 is 5.15. The molecule has 22 heavy (non-hydrogen) atoms. The molecule has 0 atom stereocenters. The first-order chi connectivity index (χ1) is 10.0. The lowest BCUT2D eigenvalue weighted by atomic mass is 9.82. The average molecular weight is 305 g/mol. The summed E-state index contributed by atoms with van der Waals surface area (Å²) in [6.07, 6.45) is 1.02. The van der Waals surface area contributed by atoms with Crippen LogP contribution in [0.4, 0.5) is 0 Å². The molecule has 0 saturated heterocycles. The first kappa shape index (κ1) is 18.2. The summed E-state index contributed by atoms with van der Waals surface area (Å²) in [5, 5.41) is 2.58. The zero-order valence-corrected chi connectivity index (χ0v) is 14.4. The number of benzene rings is 1. The summed E-state index contributed by atoms with van der Waals surface area (Å²) in [5.41, 5.74) is 1.28. The molecule has 0 aliphatic rings. The number of nitrogens with one attached hydrogen (secondary N) is 1. The molecule has 1 amide bonds. The molecule has 0 aromatic heterocycles. The van der Waals surface area contributed by atoms with Crippen LogP contribution < -0.4 is 5.32 Å². The van der Waals surface area contributed by atoms with E-state index in [1.165, 1.54) is 5.56 Å². The lowest BCUT2D eigenvalue weighted by Crippen LogP contribution is -2.34. The van der Waals surface area contributed by atoms with Gasteiger partial charge in [-0.2, -0.15) is 0 Å².